The number of nitrogens with two attached hydrogens (primary N) is 1. The molecule has 2 aromatic rings. The molecule has 0 atom stereocenters. The molecule has 0 spiro atoms. The van der Waals surface area contributed by atoms with Crippen molar-refractivity contribution in [2.45, 2.75) is 5.88 Å². The van der Waals surface area contributed by atoms with Crippen molar-refractivity contribution in [3.05, 3.63) is 26.6 Å². The van der Waals surface area contributed by atoms with Gasteiger partial charge >= 0.3 is 0 Å². The Bertz CT molecular complexity index is 452. The molecule has 13 heavy (non-hydrogen) atoms. The fraction of sp³-hybridized carbons (Fsp3) is 0.111. The summed E-state index contributed by atoms with van der Waals surface area (Å²) in [6, 6.07) is 3.98. The predicted molar refractivity (Wildman–Crippen MR) is 68.5 cm³/mol. The van der Waals surface area contributed by atoms with Crippen LogP contribution in [-0.2, 0) is 5.88 Å². The molecule has 0 bridgehead atoms. The van der Waals surface area contributed by atoms with Crippen LogP contribution in [0.25, 0.3) is 10.1 Å². The summed E-state index contributed by atoms with van der Waals surface area (Å²) in [6.45, 7) is 0. The fourth-order valence-corrected chi connectivity index (χ4v) is 3.42. The van der Waals surface area contributed by atoms with Crippen molar-refractivity contribution in [2.24, 2.45) is 0 Å². The first kappa shape index (κ1) is 9.55. The largest absolute Gasteiger partial charge is 0.398 e. The maximum Gasteiger partial charge on any atom is 0.0538 e. The molecule has 0 aliphatic heterocycles. The van der Waals surface area contributed by atoms with Crippen molar-refractivity contribution < 1.29 is 0 Å². The van der Waals surface area contributed by atoms with Gasteiger partial charge in [-0.25, -0.2) is 0 Å². The second-order valence-corrected chi connectivity index (χ2v) is 4.97. The van der Waals surface area contributed by atoms with Crippen molar-refractivity contribution in [2.75, 3.05) is 5.73 Å². The Labute approximate surface area is 99.0 Å². The van der Waals surface area contributed by atoms with E-state index in [1.807, 2.05) is 12.1 Å². The minimum Gasteiger partial charge on any atom is -0.398 e. The van der Waals surface area contributed by atoms with Gasteiger partial charge < -0.3 is 5.73 Å². The SMILES string of the molecule is Nc1ccc2c(CCl)csc2c1I. The summed E-state index contributed by atoms with van der Waals surface area (Å²) in [7, 11) is 0. The van der Waals surface area contributed by atoms with Crippen molar-refractivity contribution in [3.8, 4) is 0 Å². The normalized spacial score (nSPS) is 10.9. The van der Waals surface area contributed by atoms with Crippen molar-refractivity contribution in [1.82, 2.24) is 0 Å². The Kier molecular flexibility index (Phi) is 2.67. The molecule has 0 saturated carbocycles. The number of benzene rings is 1. The van der Waals surface area contributed by atoms with Crippen LogP contribution in [0.3, 0.4) is 0 Å². The van der Waals surface area contributed by atoms with Gasteiger partial charge in [0.25, 0.3) is 0 Å². The van der Waals surface area contributed by atoms with Crippen LogP contribution >= 0.6 is 45.5 Å². The van der Waals surface area contributed by atoms with Gasteiger partial charge in [-0.1, -0.05) is 6.07 Å². The van der Waals surface area contributed by atoms with Crippen molar-refractivity contribution in [1.29, 1.82) is 0 Å². The van der Waals surface area contributed by atoms with Crippen molar-refractivity contribution in [3.63, 3.8) is 0 Å². The van der Waals surface area contributed by atoms with Gasteiger partial charge in [-0.15, -0.1) is 22.9 Å². The Morgan fingerprint density at radius 3 is 2.92 bits per heavy atom. The predicted octanol–water partition coefficient (Wildman–Crippen LogP) is 3.83. The lowest BCUT2D eigenvalue weighted by molar-refractivity contribution is 1.50. The maximum atomic E-state index is 5.81. The van der Waals surface area contributed by atoms with Crippen LogP contribution in [0.2, 0.25) is 0 Å². The van der Waals surface area contributed by atoms with E-state index in [9.17, 15) is 0 Å². The lowest BCUT2D eigenvalue weighted by atomic mass is 10.2. The summed E-state index contributed by atoms with van der Waals surface area (Å²) in [5.41, 5.74) is 7.84. The minimum atomic E-state index is 0.569. The van der Waals surface area contributed by atoms with Crippen LogP contribution in [0.1, 0.15) is 5.56 Å². The number of fused-ring (bicyclic) bond motifs is 1. The number of hydrogen-bond donors (Lipinski definition) is 1. The average Bonchev–Trinajstić information content (AvgIpc) is 2.55. The summed E-state index contributed by atoms with van der Waals surface area (Å²) >= 11 is 9.79. The molecule has 2 N–H and O–H groups in total. The van der Waals surface area contributed by atoms with Crippen LogP contribution in [0, 0.1) is 3.57 Å². The van der Waals surface area contributed by atoms with Gasteiger partial charge in [-0.3, -0.25) is 0 Å². The Balaban J connectivity index is 2.81. The Morgan fingerprint density at radius 1 is 1.46 bits per heavy atom. The van der Waals surface area contributed by atoms with Crippen LogP contribution < -0.4 is 5.73 Å². The molecule has 1 aromatic heterocycles. The van der Waals surface area contributed by atoms with Crippen LogP contribution in [0.5, 0.6) is 0 Å². The lowest BCUT2D eigenvalue weighted by Gasteiger charge is -1.99. The van der Waals surface area contributed by atoms with Gasteiger partial charge in [0.2, 0.25) is 0 Å². The number of anilines is 1. The molecule has 0 saturated heterocycles. The standard InChI is InChI=1S/C9H7ClINS/c10-3-5-4-13-9-6(5)1-2-7(12)8(9)11/h1-2,4H,3,12H2. The molecular formula is C9H7ClINS. The monoisotopic (exact) mass is 323 g/mol. The van der Waals surface area contributed by atoms with E-state index in [4.69, 9.17) is 17.3 Å². The van der Waals surface area contributed by atoms with Crippen LogP contribution in [0.15, 0.2) is 17.5 Å². The first-order chi connectivity index (χ1) is 6.24. The molecule has 0 fully saturated rings. The molecule has 0 aliphatic rings. The molecule has 1 heterocycles. The number of hydrogen-bond acceptors (Lipinski definition) is 2. The number of rotatable bonds is 1. The molecule has 0 aliphatic carbocycles. The highest BCUT2D eigenvalue weighted by molar-refractivity contribution is 14.1. The van der Waals surface area contributed by atoms with Crippen LogP contribution in [-0.4, -0.2) is 0 Å². The second kappa shape index (κ2) is 3.63. The van der Waals surface area contributed by atoms with E-state index in [1.165, 1.54) is 15.6 Å². The van der Waals surface area contributed by atoms with E-state index >= 15 is 0 Å². The topological polar surface area (TPSA) is 26.0 Å². The molecule has 0 radical (unpaired) electrons. The maximum absolute atomic E-state index is 5.81. The van der Waals surface area contributed by atoms with E-state index in [0.29, 0.717) is 5.88 Å². The second-order valence-electron chi connectivity index (χ2n) is 2.74. The molecule has 1 aromatic carbocycles. The third kappa shape index (κ3) is 1.53. The number of alkyl halides is 1. The lowest BCUT2D eigenvalue weighted by Crippen LogP contribution is -1.88. The van der Waals surface area contributed by atoms with Crippen LogP contribution in [0.4, 0.5) is 5.69 Å². The van der Waals surface area contributed by atoms with E-state index in [0.717, 1.165) is 9.26 Å². The highest BCUT2D eigenvalue weighted by Crippen LogP contribution is 2.33. The fourth-order valence-electron chi connectivity index (χ4n) is 1.24. The van der Waals surface area contributed by atoms with Gasteiger partial charge in [0.1, 0.15) is 0 Å². The summed E-state index contributed by atoms with van der Waals surface area (Å²) in [6.07, 6.45) is 0. The average molecular weight is 324 g/mol. The zero-order valence-electron chi connectivity index (χ0n) is 6.68. The summed E-state index contributed by atoms with van der Waals surface area (Å²) in [5.74, 6) is 0.569. The smallest absolute Gasteiger partial charge is 0.0538 e. The van der Waals surface area contributed by atoms with Gasteiger partial charge in [0.15, 0.2) is 0 Å². The zero-order chi connectivity index (χ0) is 9.42. The zero-order valence-corrected chi connectivity index (χ0v) is 10.4. The molecule has 1 nitrogen and oxygen atoms in total. The summed E-state index contributed by atoms with van der Waals surface area (Å²) in [4.78, 5) is 0. The van der Waals surface area contributed by atoms with E-state index in [-0.39, 0.29) is 0 Å². The third-order valence-corrected chi connectivity index (χ3v) is 4.81. The summed E-state index contributed by atoms with van der Waals surface area (Å²) < 4.78 is 2.38. The van der Waals surface area contributed by atoms with E-state index < -0.39 is 0 Å². The van der Waals surface area contributed by atoms with Gasteiger partial charge in [-0.05, 0) is 45.0 Å². The highest BCUT2D eigenvalue weighted by Gasteiger charge is 2.07. The first-order valence-electron chi connectivity index (χ1n) is 3.74. The molecule has 2 rings (SSSR count). The minimum absolute atomic E-state index is 0.569. The highest BCUT2D eigenvalue weighted by atomic mass is 127. The molecule has 68 valence electrons. The Morgan fingerprint density at radius 2 is 2.23 bits per heavy atom. The third-order valence-electron chi connectivity index (χ3n) is 1.94. The molecule has 4 heteroatoms. The summed E-state index contributed by atoms with van der Waals surface area (Å²) in [5, 5.41) is 3.33. The van der Waals surface area contributed by atoms with E-state index in [1.54, 1.807) is 11.3 Å². The number of thiophene rings is 1. The quantitative estimate of drug-likeness (QED) is 0.482. The number of nitrogen functional groups attached to an aromatic ring is 1. The molecule has 0 unspecified atom stereocenters. The molecule has 0 amide bonds. The van der Waals surface area contributed by atoms with Gasteiger partial charge in [-0.2, -0.15) is 0 Å². The van der Waals surface area contributed by atoms with E-state index in [2.05, 4.69) is 28.0 Å². The molecular weight excluding hydrogens is 317 g/mol. The van der Waals surface area contributed by atoms with Gasteiger partial charge in [0.05, 0.1) is 3.57 Å². The Hall–Kier alpha value is -0.000000000000000111. The first-order valence-corrected chi connectivity index (χ1v) is 6.23. The number of halogens is 2. The van der Waals surface area contributed by atoms with Gasteiger partial charge in [0, 0.05) is 16.3 Å². The van der Waals surface area contributed by atoms with Crippen molar-refractivity contribution >= 4 is 61.3 Å².